The zero-order chi connectivity index (χ0) is 23.3. The van der Waals surface area contributed by atoms with Crippen molar-refractivity contribution in [3.05, 3.63) is 52.3 Å². The fourth-order valence-corrected chi connectivity index (χ4v) is 5.71. The van der Waals surface area contributed by atoms with Gasteiger partial charge in [-0.3, -0.25) is 4.79 Å². The van der Waals surface area contributed by atoms with Crippen LogP contribution in [0, 0.1) is 17.5 Å². The van der Waals surface area contributed by atoms with E-state index in [4.69, 9.17) is 5.73 Å². The predicted octanol–water partition coefficient (Wildman–Crippen LogP) is 3.77. The number of nitrogen functional groups attached to an aromatic ring is 1. The highest BCUT2D eigenvalue weighted by Gasteiger charge is 2.33. The van der Waals surface area contributed by atoms with Gasteiger partial charge >= 0.3 is 0 Å². The van der Waals surface area contributed by atoms with Crippen LogP contribution in [-0.4, -0.2) is 42.6 Å². The van der Waals surface area contributed by atoms with E-state index < -0.39 is 29.3 Å². The Balaban J connectivity index is 1.29. The molecule has 2 unspecified atom stereocenters. The highest BCUT2D eigenvalue weighted by atomic mass is 32.1. The van der Waals surface area contributed by atoms with Crippen molar-refractivity contribution < 1.29 is 18.0 Å². The number of piperazine rings is 1. The summed E-state index contributed by atoms with van der Waals surface area (Å²) in [6.45, 7) is 3.12. The molecule has 4 heterocycles. The predicted molar refractivity (Wildman–Crippen MR) is 123 cm³/mol. The molecule has 5 rings (SSSR count). The summed E-state index contributed by atoms with van der Waals surface area (Å²) >= 11 is 1.06. The Morgan fingerprint density at radius 1 is 1.24 bits per heavy atom. The number of nitrogens with two attached hydrogens (primary N) is 1. The van der Waals surface area contributed by atoms with Crippen LogP contribution in [0.15, 0.2) is 24.4 Å². The molecule has 0 spiro atoms. The molecule has 10 heteroatoms. The van der Waals surface area contributed by atoms with E-state index in [1.807, 2.05) is 4.90 Å². The number of carbonyl (C=O) groups excluding carboxylic acids is 1. The second kappa shape index (κ2) is 8.49. The van der Waals surface area contributed by atoms with Gasteiger partial charge in [0, 0.05) is 49.1 Å². The van der Waals surface area contributed by atoms with Crippen molar-refractivity contribution in [2.45, 2.75) is 37.8 Å². The number of thiophene rings is 1. The molecular formula is C23H24F3N5OS. The van der Waals surface area contributed by atoms with Crippen LogP contribution in [0.3, 0.4) is 0 Å². The van der Waals surface area contributed by atoms with E-state index in [0.717, 1.165) is 30.4 Å². The maximum Gasteiger partial charge on any atom is 0.263 e. The third-order valence-corrected chi connectivity index (χ3v) is 7.61. The van der Waals surface area contributed by atoms with Crippen molar-refractivity contribution in [2.24, 2.45) is 0 Å². The molecule has 2 aliphatic rings. The number of benzene rings is 1. The van der Waals surface area contributed by atoms with Crippen LogP contribution in [-0.2, 0) is 0 Å². The van der Waals surface area contributed by atoms with Gasteiger partial charge in [-0.25, -0.2) is 18.2 Å². The van der Waals surface area contributed by atoms with Gasteiger partial charge in [0.2, 0.25) is 0 Å². The van der Waals surface area contributed by atoms with Crippen LogP contribution in [0.25, 0.3) is 10.2 Å². The number of aromatic nitrogens is 1. The van der Waals surface area contributed by atoms with Gasteiger partial charge in [0.1, 0.15) is 27.2 Å². The van der Waals surface area contributed by atoms with Gasteiger partial charge in [-0.05, 0) is 30.5 Å². The van der Waals surface area contributed by atoms with Gasteiger partial charge in [-0.2, -0.15) is 0 Å². The SMILES string of the molecule is C[C@@H](CNC(=O)c1sc2ncc(F)cc2c1N)c1cc(F)c(N2CC3CCC(C2)N3)cc1F. The topological polar surface area (TPSA) is 83.3 Å². The van der Waals surface area contributed by atoms with Gasteiger partial charge in [-0.1, -0.05) is 6.92 Å². The lowest BCUT2D eigenvalue weighted by Gasteiger charge is -2.35. The normalized spacial score (nSPS) is 20.9. The molecule has 2 aromatic heterocycles. The minimum absolute atomic E-state index is 0.0851. The Morgan fingerprint density at radius 3 is 2.70 bits per heavy atom. The number of carbonyl (C=O) groups is 1. The first-order valence-corrected chi connectivity index (χ1v) is 11.7. The Morgan fingerprint density at radius 2 is 1.97 bits per heavy atom. The first kappa shape index (κ1) is 22.0. The van der Waals surface area contributed by atoms with E-state index >= 15 is 0 Å². The second-order valence-electron chi connectivity index (χ2n) is 8.83. The van der Waals surface area contributed by atoms with E-state index in [-0.39, 0.29) is 28.4 Å². The number of hydrogen-bond acceptors (Lipinski definition) is 6. The van der Waals surface area contributed by atoms with E-state index in [0.29, 0.717) is 35.4 Å². The maximum absolute atomic E-state index is 15.0. The van der Waals surface area contributed by atoms with Crippen LogP contribution in [0.1, 0.15) is 40.9 Å². The summed E-state index contributed by atoms with van der Waals surface area (Å²) in [6, 6.07) is 4.35. The van der Waals surface area contributed by atoms with Crippen molar-refractivity contribution >= 4 is 38.8 Å². The summed E-state index contributed by atoms with van der Waals surface area (Å²) in [5, 5.41) is 6.58. The maximum atomic E-state index is 15.0. The molecular weight excluding hydrogens is 451 g/mol. The molecule has 2 fully saturated rings. The minimum Gasteiger partial charge on any atom is -0.397 e. The lowest BCUT2D eigenvalue weighted by Crippen LogP contribution is -2.51. The fourth-order valence-electron chi connectivity index (χ4n) is 4.75. The molecule has 3 atom stereocenters. The average molecular weight is 476 g/mol. The molecule has 2 aliphatic heterocycles. The number of anilines is 2. The van der Waals surface area contributed by atoms with Crippen molar-refractivity contribution in [2.75, 3.05) is 30.3 Å². The van der Waals surface area contributed by atoms with Gasteiger partial charge < -0.3 is 21.3 Å². The molecule has 1 aromatic carbocycles. The van der Waals surface area contributed by atoms with E-state index in [2.05, 4.69) is 15.6 Å². The van der Waals surface area contributed by atoms with E-state index in [9.17, 15) is 18.0 Å². The third-order valence-electron chi connectivity index (χ3n) is 6.48. The molecule has 33 heavy (non-hydrogen) atoms. The quantitative estimate of drug-likeness (QED) is 0.523. The van der Waals surface area contributed by atoms with Crippen molar-refractivity contribution in [1.29, 1.82) is 0 Å². The lowest BCUT2D eigenvalue weighted by atomic mass is 9.99. The summed E-state index contributed by atoms with van der Waals surface area (Å²) in [5.41, 5.74) is 6.64. The average Bonchev–Trinajstić information content (AvgIpc) is 3.31. The molecule has 0 saturated carbocycles. The molecule has 2 saturated heterocycles. The molecule has 174 valence electrons. The summed E-state index contributed by atoms with van der Waals surface area (Å²) in [4.78, 5) is 19.2. The molecule has 0 aliphatic carbocycles. The van der Waals surface area contributed by atoms with Gasteiger partial charge in [0.25, 0.3) is 5.91 Å². The zero-order valence-corrected chi connectivity index (χ0v) is 18.8. The van der Waals surface area contributed by atoms with Gasteiger partial charge in [0.15, 0.2) is 0 Å². The second-order valence-corrected chi connectivity index (χ2v) is 9.83. The standard InChI is InChI=1S/C23H24F3N5OS/c1-11(7-28-22(32)21-20(27)16-4-12(24)8-29-23(16)33-21)15-5-18(26)19(6-17(15)25)31-9-13-2-3-14(10-31)30-13/h4-6,8,11,13-14,30H,2-3,7,9-10,27H2,1H3,(H,28,32)/t11-,13?,14?/m0/s1. The summed E-state index contributed by atoms with van der Waals surface area (Å²) in [5.74, 6) is -2.44. The Labute approximate surface area is 193 Å². The van der Waals surface area contributed by atoms with Crippen molar-refractivity contribution in [1.82, 2.24) is 15.6 Å². The summed E-state index contributed by atoms with van der Waals surface area (Å²) in [7, 11) is 0. The van der Waals surface area contributed by atoms with Gasteiger partial charge in [0.05, 0.1) is 17.6 Å². The number of amides is 1. The van der Waals surface area contributed by atoms with Crippen LogP contribution in [0.2, 0.25) is 0 Å². The van der Waals surface area contributed by atoms with Crippen molar-refractivity contribution in [3.8, 4) is 0 Å². The summed E-state index contributed by atoms with van der Waals surface area (Å²) < 4.78 is 43.3. The molecule has 6 nitrogen and oxygen atoms in total. The largest absolute Gasteiger partial charge is 0.397 e. The third kappa shape index (κ3) is 4.13. The smallest absolute Gasteiger partial charge is 0.263 e. The highest BCUT2D eigenvalue weighted by Crippen LogP contribution is 2.33. The number of nitrogens with one attached hydrogen (secondary N) is 2. The molecule has 0 radical (unpaired) electrons. The van der Waals surface area contributed by atoms with Gasteiger partial charge in [-0.15, -0.1) is 11.3 Å². The molecule has 3 aromatic rings. The first-order valence-electron chi connectivity index (χ1n) is 10.9. The minimum atomic E-state index is -0.540. The van der Waals surface area contributed by atoms with Crippen LogP contribution in [0.5, 0.6) is 0 Å². The number of fused-ring (bicyclic) bond motifs is 3. The number of halogens is 3. The monoisotopic (exact) mass is 475 g/mol. The number of rotatable bonds is 5. The number of nitrogens with zero attached hydrogens (tertiary/aromatic N) is 2. The van der Waals surface area contributed by atoms with Crippen LogP contribution in [0.4, 0.5) is 24.5 Å². The van der Waals surface area contributed by atoms with Crippen LogP contribution >= 0.6 is 11.3 Å². The summed E-state index contributed by atoms with van der Waals surface area (Å²) in [6.07, 6.45) is 3.17. The number of hydrogen-bond donors (Lipinski definition) is 3. The first-order chi connectivity index (χ1) is 15.8. The molecule has 4 N–H and O–H groups in total. The van der Waals surface area contributed by atoms with E-state index in [1.165, 1.54) is 18.2 Å². The Bertz CT molecular complexity index is 1220. The molecule has 2 bridgehead atoms. The van der Waals surface area contributed by atoms with E-state index in [1.54, 1.807) is 6.92 Å². The lowest BCUT2D eigenvalue weighted by molar-refractivity contribution is 0.0956. The highest BCUT2D eigenvalue weighted by molar-refractivity contribution is 7.21. The molecule has 1 amide bonds. The Hall–Kier alpha value is -2.85. The fraction of sp³-hybridized carbons (Fsp3) is 0.391. The Kier molecular flexibility index (Phi) is 5.65. The van der Waals surface area contributed by atoms with Crippen molar-refractivity contribution in [3.63, 3.8) is 0 Å². The van der Waals surface area contributed by atoms with Crippen LogP contribution < -0.4 is 21.3 Å². The number of pyridine rings is 1. The zero-order valence-electron chi connectivity index (χ0n) is 18.0.